The van der Waals surface area contributed by atoms with Gasteiger partial charge in [0.25, 0.3) is 0 Å². The van der Waals surface area contributed by atoms with Crippen LogP contribution in [0.15, 0.2) is 47.6 Å². The van der Waals surface area contributed by atoms with Crippen molar-refractivity contribution in [1.82, 2.24) is 5.43 Å². The lowest BCUT2D eigenvalue weighted by molar-refractivity contribution is 0.414. The molecule has 112 valence electrons. The Morgan fingerprint density at radius 2 is 2.14 bits per heavy atom. The van der Waals surface area contributed by atoms with Gasteiger partial charge in [0.05, 0.1) is 18.9 Å². The Hall–Kier alpha value is -2.36. The van der Waals surface area contributed by atoms with E-state index in [0.29, 0.717) is 0 Å². The summed E-state index contributed by atoms with van der Waals surface area (Å²) in [6.45, 7) is 0. The summed E-state index contributed by atoms with van der Waals surface area (Å²) in [6, 6.07) is 13.0. The highest BCUT2D eigenvalue weighted by Crippen LogP contribution is 2.39. The van der Waals surface area contributed by atoms with Crippen molar-refractivity contribution in [3.63, 3.8) is 0 Å². The van der Waals surface area contributed by atoms with E-state index in [2.05, 4.69) is 22.7 Å². The first-order chi connectivity index (χ1) is 10.8. The zero-order chi connectivity index (χ0) is 15.1. The Balaban J connectivity index is 1.70. The van der Waals surface area contributed by atoms with Crippen molar-refractivity contribution >= 4 is 5.71 Å². The van der Waals surface area contributed by atoms with E-state index < -0.39 is 0 Å². The predicted octanol–water partition coefficient (Wildman–Crippen LogP) is 3.45. The van der Waals surface area contributed by atoms with Crippen LogP contribution in [0.4, 0.5) is 4.39 Å². The summed E-state index contributed by atoms with van der Waals surface area (Å²) in [5.41, 5.74) is 7.68. The first-order valence-corrected chi connectivity index (χ1v) is 7.52. The molecule has 0 fully saturated rings. The molecule has 2 aliphatic rings. The number of ether oxygens (including phenoxy) is 1. The Morgan fingerprint density at radius 3 is 2.95 bits per heavy atom. The Morgan fingerprint density at radius 1 is 1.23 bits per heavy atom. The van der Waals surface area contributed by atoms with Gasteiger partial charge in [-0.3, -0.25) is 0 Å². The average molecular weight is 296 g/mol. The van der Waals surface area contributed by atoms with Gasteiger partial charge in [-0.05, 0) is 48.2 Å². The van der Waals surface area contributed by atoms with Crippen LogP contribution in [0.3, 0.4) is 0 Å². The highest BCUT2D eigenvalue weighted by Gasteiger charge is 2.37. The number of hydrogen-bond acceptors (Lipinski definition) is 3. The SMILES string of the molecule is COc1ccc2c(c1)C1=NNC(c3cccc(F)c3)C1CC2. The monoisotopic (exact) mass is 296 g/mol. The Bertz CT molecular complexity index is 757. The molecule has 1 aliphatic heterocycles. The molecule has 2 aromatic carbocycles. The van der Waals surface area contributed by atoms with Gasteiger partial charge in [-0.15, -0.1) is 0 Å². The van der Waals surface area contributed by atoms with Gasteiger partial charge in [0.15, 0.2) is 0 Å². The van der Waals surface area contributed by atoms with Crippen LogP contribution in [0.25, 0.3) is 0 Å². The number of nitrogens with zero attached hydrogens (tertiary/aromatic N) is 1. The third kappa shape index (κ3) is 2.06. The lowest BCUT2D eigenvalue weighted by atomic mass is 9.77. The van der Waals surface area contributed by atoms with Gasteiger partial charge in [0.1, 0.15) is 11.6 Å². The summed E-state index contributed by atoms with van der Waals surface area (Å²) < 4.78 is 18.8. The number of halogens is 1. The van der Waals surface area contributed by atoms with Crippen LogP contribution in [0.1, 0.15) is 29.2 Å². The molecule has 0 amide bonds. The second-order valence-corrected chi connectivity index (χ2v) is 5.83. The second kappa shape index (κ2) is 5.13. The molecule has 0 radical (unpaired) electrons. The van der Waals surface area contributed by atoms with Crippen molar-refractivity contribution in [2.45, 2.75) is 18.9 Å². The zero-order valence-corrected chi connectivity index (χ0v) is 12.3. The molecule has 0 spiro atoms. The molecule has 4 rings (SSSR count). The number of fused-ring (bicyclic) bond motifs is 3. The second-order valence-electron chi connectivity index (χ2n) is 5.83. The number of aryl methyl sites for hydroxylation is 1. The minimum atomic E-state index is -0.203. The van der Waals surface area contributed by atoms with E-state index >= 15 is 0 Å². The fourth-order valence-corrected chi connectivity index (χ4v) is 3.49. The third-order valence-electron chi connectivity index (χ3n) is 4.60. The van der Waals surface area contributed by atoms with E-state index in [1.165, 1.54) is 11.6 Å². The van der Waals surface area contributed by atoms with Crippen LogP contribution >= 0.6 is 0 Å². The molecular formula is C18H17FN2O. The average Bonchev–Trinajstić information content (AvgIpc) is 2.98. The number of rotatable bonds is 2. The molecule has 1 heterocycles. The van der Waals surface area contributed by atoms with Gasteiger partial charge < -0.3 is 10.2 Å². The number of hydrazone groups is 1. The molecule has 1 aliphatic carbocycles. The maximum Gasteiger partial charge on any atom is 0.123 e. The maximum absolute atomic E-state index is 13.5. The minimum absolute atomic E-state index is 0.0463. The highest BCUT2D eigenvalue weighted by atomic mass is 19.1. The van der Waals surface area contributed by atoms with Crippen LogP contribution in [-0.4, -0.2) is 12.8 Å². The first-order valence-electron chi connectivity index (χ1n) is 7.52. The quantitative estimate of drug-likeness (QED) is 0.921. The molecule has 0 aromatic heterocycles. The number of hydrogen-bond donors (Lipinski definition) is 1. The van der Waals surface area contributed by atoms with Crippen LogP contribution in [-0.2, 0) is 6.42 Å². The van der Waals surface area contributed by atoms with Crippen LogP contribution in [0, 0.1) is 11.7 Å². The van der Waals surface area contributed by atoms with Gasteiger partial charge in [-0.1, -0.05) is 18.2 Å². The molecule has 0 saturated heterocycles. The summed E-state index contributed by atoms with van der Waals surface area (Å²) in [6.07, 6.45) is 2.03. The van der Waals surface area contributed by atoms with Crippen molar-refractivity contribution in [1.29, 1.82) is 0 Å². The topological polar surface area (TPSA) is 33.6 Å². The molecule has 0 saturated carbocycles. The molecule has 2 aromatic rings. The molecule has 2 atom stereocenters. The van der Waals surface area contributed by atoms with Gasteiger partial charge >= 0.3 is 0 Å². The van der Waals surface area contributed by atoms with E-state index in [0.717, 1.165) is 35.4 Å². The lowest BCUT2D eigenvalue weighted by Crippen LogP contribution is -2.26. The number of methoxy groups -OCH3 is 1. The third-order valence-corrected chi connectivity index (χ3v) is 4.60. The van der Waals surface area contributed by atoms with E-state index in [1.54, 1.807) is 19.2 Å². The van der Waals surface area contributed by atoms with E-state index in [1.807, 2.05) is 12.1 Å². The van der Waals surface area contributed by atoms with Gasteiger partial charge in [-0.25, -0.2) is 4.39 Å². The molecule has 22 heavy (non-hydrogen) atoms. The highest BCUT2D eigenvalue weighted by molar-refractivity contribution is 6.06. The van der Waals surface area contributed by atoms with E-state index in [9.17, 15) is 4.39 Å². The molecule has 3 nitrogen and oxygen atoms in total. The summed E-state index contributed by atoms with van der Waals surface area (Å²) in [7, 11) is 1.67. The molecule has 1 N–H and O–H groups in total. The normalized spacial score (nSPS) is 22.4. The number of benzene rings is 2. The number of nitrogens with one attached hydrogen (secondary N) is 1. The zero-order valence-electron chi connectivity index (χ0n) is 12.3. The fraction of sp³-hybridized carbons (Fsp3) is 0.278. The van der Waals surface area contributed by atoms with Gasteiger partial charge in [0, 0.05) is 11.5 Å². The van der Waals surface area contributed by atoms with Crippen LogP contribution in [0.2, 0.25) is 0 Å². The Kier molecular flexibility index (Phi) is 3.10. The summed E-state index contributed by atoms with van der Waals surface area (Å²) in [5.74, 6) is 0.920. The molecular weight excluding hydrogens is 279 g/mol. The molecule has 2 unspecified atom stereocenters. The first kappa shape index (κ1) is 13.3. The smallest absolute Gasteiger partial charge is 0.123 e. The van der Waals surface area contributed by atoms with Crippen molar-refractivity contribution in [3.05, 3.63) is 65.0 Å². The minimum Gasteiger partial charge on any atom is -0.497 e. The maximum atomic E-state index is 13.5. The van der Waals surface area contributed by atoms with Gasteiger partial charge in [-0.2, -0.15) is 5.10 Å². The largest absolute Gasteiger partial charge is 0.497 e. The van der Waals surface area contributed by atoms with E-state index in [4.69, 9.17) is 4.74 Å². The summed E-state index contributed by atoms with van der Waals surface area (Å²) in [5, 5.41) is 4.55. The lowest BCUT2D eigenvalue weighted by Gasteiger charge is -2.26. The van der Waals surface area contributed by atoms with Gasteiger partial charge in [0.2, 0.25) is 0 Å². The fourth-order valence-electron chi connectivity index (χ4n) is 3.49. The summed E-state index contributed by atoms with van der Waals surface area (Å²) in [4.78, 5) is 0. The predicted molar refractivity (Wildman–Crippen MR) is 83.6 cm³/mol. The van der Waals surface area contributed by atoms with Crippen molar-refractivity contribution in [2.24, 2.45) is 11.0 Å². The Labute approximate surface area is 128 Å². The van der Waals surface area contributed by atoms with E-state index in [-0.39, 0.29) is 17.8 Å². The molecule has 4 heteroatoms. The van der Waals surface area contributed by atoms with Crippen molar-refractivity contribution < 1.29 is 9.13 Å². The summed E-state index contributed by atoms with van der Waals surface area (Å²) >= 11 is 0. The van der Waals surface area contributed by atoms with Crippen LogP contribution < -0.4 is 10.2 Å². The van der Waals surface area contributed by atoms with Crippen molar-refractivity contribution in [3.8, 4) is 5.75 Å². The standard InChI is InChI=1S/C18H17FN2O/c1-22-14-7-5-11-6-8-15-17(12-3-2-4-13(19)9-12)20-21-18(15)16(11)10-14/h2-5,7,9-10,15,17,20H,6,8H2,1H3. The molecule has 0 bridgehead atoms. The van der Waals surface area contributed by atoms with Crippen LogP contribution in [0.5, 0.6) is 5.75 Å². The van der Waals surface area contributed by atoms with Crippen molar-refractivity contribution in [2.75, 3.05) is 7.11 Å².